The summed E-state index contributed by atoms with van der Waals surface area (Å²) in [7, 11) is 0. The molecule has 2 unspecified atom stereocenters. The molecule has 2 atom stereocenters. The highest BCUT2D eigenvalue weighted by Gasteiger charge is 2.42. The average molecular weight is 351 g/mol. The Morgan fingerprint density at radius 2 is 1.90 bits per heavy atom. The van der Waals surface area contributed by atoms with Crippen LogP contribution in [0, 0.1) is 5.92 Å². The lowest BCUT2D eigenvalue weighted by Crippen LogP contribution is -2.46. The van der Waals surface area contributed by atoms with E-state index in [-0.39, 0.29) is 23.9 Å². The molecular formula is C16H19BrN2O2. The van der Waals surface area contributed by atoms with Gasteiger partial charge in [-0.15, -0.1) is 0 Å². The molecule has 1 aromatic rings. The second-order valence-corrected chi connectivity index (χ2v) is 6.81. The summed E-state index contributed by atoms with van der Waals surface area (Å²) in [6.45, 7) is 2.52. The number of rotatable bonds is 3. The minimum atomic E-state index is -0.321. The van der Waals surface area contributed by atoms with Gasteiger partial charge in [0, 0.05) is 17.4 Å². The Morgan fingerprint density at radius 1 is 1.24 bits per heavy atom. The molecule has 2 aliphatic rings. The summed E-state index contributed by atoms with van der Waals surface area (Å²) < 4.78 is 1.02. The molecule has 5 heteroatoms. The Hall–Kier alpha value is -1.36. The third-order valence-corrected chi connectivity index (χ3v) is 4.89. The number of nitrogens with zero attached hydrogens (tertiary/aromatic N) is 1. The highest BCUT2D eigenvalue weighted by atomic mass is 79.9. The van der Waals surface area contributed by atoms with E-state index in [1.54, 1.807) is 0 Å². The molecule has 21 heavy (non-hydrogen) atoms. The summed E-state index contributed by atoms with van der Waals surface area (Å²) in [5, 5.41) is 2.90. The molecule has 2 fully saturated rings. The molecule has 0 spiro atoms. The molecular weight excluding hydrogens is 332 g/mol. The maximum Gasteiger partial charge on any atom is 0.245 e. The van der Waals surface area contributed by atoms with Crippen LogP contribution < -0.4 is 5.32 Å². The fourth-order valence-electron chi connectivity index (χ4n) is 2.87. The first kappa shape index (κ1) is 14.6. The minimum Gasteiger partial charge on any atom is -0.344 e. The Labute approximate surface area is 133 Å². The Balaban J connectivity index is 1.83. The summed E-state index contributed by atoms with van der Waals surface area (Å²) in [5.74, 6) is 0.392. The van der Waals surface area contributed by atoms with Crippen molar-refractivity contribution in [2.24, 2.45) is 5.92 Å². The van der Waals surface area contributed by atoms with Crippen LogP contribution in [0.15, 0.2) is 28.7 Å². The molecule has 3 rings (SSSR count). The van der Waals surface area contributed by atoms with Crippen LogP contribution in [0.3, 0.4) is 0 Å². The topological polar surface area (TPSA) is 49.4 Å². The van der Waals surface area contributed by atoms with Gasteiger partial charge in [0.15, 0.2) is 0 Å². The molecule has 1 aromatic carbocycles. The lowest BCUT2D eigenvalue weighted by atomic mass is 10.0. The van der Waals surface area contributed by atoms with Crippen molar-refractivity contribution < 1.29 is 9.59 Å². The van der Waals surface area contributed by atoms with Crippen molar-refractivity contribution in [2.45, 2.75) is 38.3 Å². The number of nitrogens with one attached hydrogen (secondary N) is 1. The fourth-order valence-corrected chi connectivity index (χ4v) is 3.14. The normalized spacial score (nSPS) is 24.5. The lowest BCUT2D eigenvalue weighted by molar-refractivity contribution is -0.136. The van der Waals surface area contributed by atoms with E-state index < -0.39 is 0 Å². The molecule has 1 aliphatic heterocycles. The Bertz CT molecular complexity index is 554. The number of hydrogen-bond donors (Lipinski definition) is 1. The second kappa shape index (κ2) is 5.79. The number of benzene rings is 1. The maximum absolute atomic E-state index is 12.8. The summed E-state index contributed by atoms with van der Waals surface area (Å²) in [6, 6.07) is 7.67. The van der Waals surface area contributed by atoms with Gasteiger partial charge < -0.3 is 10.2 Å². The maximum atomic E-state index is 12.8. The van der Waals surface area contributed by atoms with Crippen LogP contribution >= 0.6 is 15.9 Å². The predicted octanol–water partition coefficient (Wildman–Crippen LogP) is 2.64. The lowest BCUT2D eigenvalue weighted by Gasteiger charge is -2.30. The van der Waals surface area contributed by atoms with Gasteiger partial charge in [-0.3, -0.25) is 9.59 Å². The Morgan fingerprint density at radius 3 is 2.52 bits per heavy atom. The number of halogens is 1. The third kappa shape index (κ3) is 3.12. The summed E-state index contributed by atoms with van der Waals surface area (Å²) in [5.41, 5.74) is 1.09. The van der Waals surface area contributed by atoms with Crippen LogP contribution in [0.1, 0.15) is 37.8 Å². The van der Waals surface area contributed by atoms with Crippen LogP contribution in [0.4, 0.5) is 0 Å². The molecule has 1 N–H and O–H groups in total. The van der Waals surface area contributed by atoms with Crippen molar-refractivity contribution in [1.29, 1.82) is 0 Å². The SMILES string of the molecule is CC(c1ccc(Br)cc1)N1CCC(=O)NC(C2CC2)C1=O. The van der Waals surface area contributed by atoms with Gasteiger partial charge in [-0.1, -0.05) is 28.1 Å². The van der Waals surface area contributed by atoms with Gasteiger partial charge in [0.25, 0.3) is 0 Å². The number of hydrogen-bond acceptors (Lipinski definition) is 2. The first-order valence-corrected chi connectivity index (χ1v) is 8.21. The zero-order valence-electron chi connectivity index (χ0n) is 12.0. The molecule has 1 saturated carbocycles. The quantitative estimate of drug-likeness (QED) is 0.910. The zero-order valence-corrected chi connectivity index (χ0v) is 13.6. The van der Waals surface area contributed by atoms with E-state index in [1.807, 2.05) is 36.1 Å². The third-order valence-electron chi connectivity index (χ3n) is 4.36. The van der Waals surface area contributed by atoms with Crippen LogP contribution in [0.25, 0.3) is 0 Å². The van der Waals surface area contributed by atoms with Crippen LogP contribution in [-0.4, -0.2) is 29.3 Å². The van der Waals surface area contributed by atoms with E-state index in [2.05, 4.69) is 21.2 Å². The number of amides is 2. The molecule has 2 amide bonds. The molecule has 0 aromatic heterocycles. The highest BCUT2D eigenvalue weighted by Crippen LogP contribution is 2.35. The van der Waals surface area contributed by atoms with Gasteiger partial charge in [0.05, 0.1) is 6.04 Å². The van der Waals surface area contributed by atoms with Gasteiger partial charge in [0.1, 0.15) is 6.04 Å². The van der Waals surface area contributed by atoms with Gasteiger partial charge in [-0.25, -0.2) is 0 Å². The first-order valence-electron chi connectivity index (χ1n) is 7.41. The number of carbonyl (C=O) groups is 2. The van der Waals surface area contributed by atoms with Crippen molar-refractivity contribution in [3.8, 4) is 0 Å². The number of carbonyl (C=O) groups excluding carboxylic acids is 2. The predicted molar refractivity (Wildman–Crippen MR) is 83.5 cm³/mol. The van der Waals surface area contributed by atoms with E-state index in [0.717, 1.165) is 22.9 Å². The van der Waals surface area contributed by atoms with Gasteiger partial charge >= 0.3 is 0 Å². The van der Waals surface area contributed by atoms with Crippen molar-refractivity contribution in [3.05, 3.63) is 34.3 Å². The molecule has 4 nitrogen and oxygen atoms in total. The van der Waals surface area contributed by atoms with E-state index in [9.17, 15) is 9.59 Å². The zero-order chi connectivity index (χ0) is 15.0. The van der Waals surface area contributed by atoms with Crippen LogP contribution in [0.2, 0.25) is 0 Å². The monoisotopic (exact) mass is 350 g/mol. The van der Waals surface area contributed by atoms with Crippen molar-refractivity contribution in [3.63, 3.8) is 0 Å². The second-order valence-electron chi connectivity index (χ2n) is 5.89. The summed E-state index contributed by atoms with van der Waals surface area (Å²) in [4.78, 5) is 26.4. The first-order chi connectivity index (χ1) is 10.1. The molecule has 0 radical (unpaired) electrons. The van der Waals surface area contributed by atoms with Crippen LogP contribution in [0.5, 0.6) is 0 Å². The summed E-state index contributed by atoms with van der Waals surface area (Å²) >= 11 is 3.42. The highest BCUT2D eigenvalue weighted by molar-refractivity contribution is 9.10. The molecule has 0 bridgehead atoms. The van der Waals surface area contributed by atoms with Gasteiger partial charge in [-0.05, 0) is 43.4 Å². The molecule has 1 aliphatic carbocycles. The largest absolute Gasteiger partial charge is 0.344 e. The van der Waals surface area contributed by atoms with Crippen LogP contribution in [-0.2, 0) is 9.59 Å². The fraction of sp³-hybridized carbons (Fsp3) is 0.500. The molecule has 1 heterocycles. The van der Waals surface area contributed by atoms with Gasteiger partial charge in [0.2, 0.25) is 11.8 Å². The standard InChI is InChI=1S/C16H19BrN2O2/c1-10(11-4-6-13(17)7-5-11)19-9-8-14(20)18-15(16(19)21)12-2-3-12/h4-7,10,12,15H,2-3,8-9H2,1H3,(H,18,20). The van der Waals surface area contributed by atoms with Crippen molar-refractivity contribution >= 4 is 27.7 Å². The Kier molecular flexibility index (Phi) is 4.02. The van der Waals surface area contributed by atoms with E-state index in [4.69, 9.17) is 0 Å². The van der Waals surface area contributed by atoms with E-state index >= 15 is 0 Å². The molecule has 1 saturated heterocycles. The van der Waals surface area contributed by atoms with E-state index in [1.165, 1.54) is 0 Å². The van der Waals surface area contributed by atoms with Crippen molar-refractivity contribution in [2.75, 3.05) is 6.54 Å². The van der Waals surface area contributed by atoms with Crippen molar-refractivity contribution in [1.82, 2.24) is 10.2 Å². The smallest absolute Gasteiger partial charge is 0.245 e. The summed E-state index contributed by atoms with van der Waals surface area (Å²) in [6.07, 6.45) is 2.46. The average Bonchev–Trinajstić information content (AvgIpc) is 3.29. The van der Waals surface area contributed by atoms with Gasteiger partial charge in [-0.2, -0.15) is 0 Å². The van der Waals surface area contributed by atoms with E-state index in [0.29, 0.717) is 18.9 Å². The molecule has 112 valence electrons. The minimum absolute atomic E-state index is 0.00856.